The third-order valence-electron chi connectivity index (χ3n) is 4.96. The molecule has 11 heteroatoms. The molecule has 0 radical (unpaired) electrons. The fraction of sp³-hybridized carbons (Fsp3) is 0.320. The Bertz CT molecular complexity index is 1180. The first-order valence-electron chi connectivity index (χ1n) is 10.8. The van der Waals surface area contributed by atoms with E-state index in [1.807, 2.05) is 0 Å². The van der Waals surface area contributed by atoms with Crippen LogP contribution in [0.1, 0.15) is 54.3 Å². The maximum absolute atomic E-state index is 12.8. The lowest BCUT2D eigenvalue weighted by Crippen LogP contribution is -2.19. The molecule has 0 aliphatic rings. The first-order valence-corrected chi connectivity index (χ1v) is 10.8. The van der Waals surface area contributed by atoms with Crippen molar-refractivity contribution >= 4 is 18.0 Å². The number of rotatable bonds is 10. The Balaban J connectivity index is 2.08. The van der Waals surface area contributed by atoms with Crippen LogP contribution in [0, 0.1) is 0 Å². The summed E-state index contributed by atoms with van der Waals surface area (Å²) >= 11 is 0. The van der Waals surface area contributed by atoms with Gasteiger partial charge in [0.15, 0.2) is 12.4 Å². The number of aromatic hydroxyl groups is 1. The molecule has 0 fully saturated rings. The third kappa shape index (κ3) is 8.64. The molecule has 1 heterocycles. The highest BCUT2D eigenvalue weighted by Gasteiger charge is 2.28. The average molecular weight is 509 g/mol. The van der Waals surface area contributed by atoms with Crippen molar-refractivity contribution in [3.05, 3.63) is 75.5 Å². The number of methoxy groups -OCH3 is 1. The van der Waals surface area contributed by atoms with Gasteiger partial charge in [0.05, 0.1) is 7.11 Å². The number of carbonyl (C=O) groups is 2. The van der Waals surface area contributed by atoms with Gasteiger partial charge in [-0.25, -0.2) is 9.59 Å². The number of alkyl halides is 3. The second-order valence-corrected chi connectivity index (χ2v) is 7.84. The first-order chi connectivity index (χ1) is 16.9. The van der Waals surface area contributed by atoms with Crippen LogP contribution in [0.5, 0.6) is 11.5 Å². The molecule has 2 aromatic rings. The van der Waals surface area contributed by atoms with E-state index < -0.39 is 41.6 Å². The molecule has 0 aliphatic carbocycles. The number of ketones is 1. The summed E-state index contributed by atoms with van der Waals surface area (Å²) in [5.74, 6) is -1.35. The topological polar surface area (TPSA) is 115 Å². The van der Waals surface area contributed by atoms with Crippen LogP contribution in [0.15, 0.2) is 57.4 Å². The lowest BCUT2D eigenvalue weighted by atomic mass is 9.99. The maximum atomic E-state index is 12.8. The number of allylic oxidation sites excluding steroid dienone is 2. The zero-order valence-electron chi connectivity index (χ0n) is 19.8. The zero-order valence-corrected chi connectivity index (χ0v) is 19.8. The lowest BCUT2D eigenvalue weighted by molar-refractivity contribution is -0.153. The van der Waals surface area contributed by atoms with Gasteiger partial charge < -0.3 is 19.0 Å². The van der Waals surface area contributed by atoms with Crippen LogP contribution in [0.25, 0.3) is 6.08 Å². The molecule has 194 valence electrons. The van der Waals surface area contributed by atoms with E-state index in [2.05, 4.69) is 14.8 Å². The van der Waals surface area contributed by atoms with Crippen molar-refractivity contribution < 1.29 is 41.8 Å². The number of Topliss-reactive ketones (excluding diaryl/α,β-unsaturated/α-hetero) is 1. The number of ether oxygens (including phenoxy) is 2. The number of hydrogen-bond donors (Lipinski definition) is 2. The molecule has 2 rings (SSSR count). The van der Waals surface area contributed by atoms with Crippen LogP contribution >= 0.6 is 0 Å². The molecular weight excluding hydrogens is 483 g/mol. The zero-order chi connectivity index (χ0) is 26.9. The quantitative estimate of drug-likeness (QED) is 0.329. The number of hydrogen-bond acceptors (Lipinski definition) is 7. The van der Waals surface area contributed by atoms with Crippen molar-refractivity contribution in [3.63, 3.8) is 0 Å². The lowest BCUT2D eigenvalue weighted by Gasteiger charge is -2.11. The van der Waals surface area contributed by atoms with Crippen molar-refractivity contribution in [3.8, 4) is 11.5 Å². The third-order valence-corrected chi connectivity index (χ3v) is 4.96. The molecule has 0 aliphatic heterocycles. The van der Waals surface area contributed by atoms with Gasteiger partial charge in [-0.2, -0.15) is 13.2 Å². The summed E-state index contributed by atoms with van der Waals surface area (Å²) in [5.41, 5.74) is -0.935. The van der Waals surface area contributed by atoms with E-state index in [1.165, 1.54) is 56.6 Å². The molecule has 1 aromatic heterocycles. The number of halogens is 3. The molecular formula is C25H26F3NO7. The molecule has 0 saturated heterocycles. The first kappa shape index (κ1) is 28.2. The summed E-state index contributed by atoms with van der Waals surface area (Å²) in [6, 6.07) is 6.75. The molecule has 1 unspecified atom stereocenters. The molecule has 0 spiro atoms. The number of benzene rings is 1. The van der Waals surface area contributed by atoms with E-state index in [0.29, 0.717) is 18.4 Å². The highest BCUT2D eigenvalue weighted by molar-refractivity contribution is 6.12. The van der Waals surface area contributed by atoms with Crippen molar-refractivity contribution in [1.29, 1.82) is 0 Å². The normalized spacial score (nSPS) is 12.9. The second kappa shape index (κ2) is 12.6. The van der Waals surface area contributed by atoms with Crippen molar-refractivity contribution in [1.82, 2.24) is 5.32 Å². The van der Waals surface area contributed by atoms with Gasteiger partial charge in [0.1, 0.15) is 22.8 Å². The van der Waals surface area contributed by atoms with Crippen LogP contribution in [-0.4, -0.2) is 36.9 Å². The van der Waals surface area contributed by atoms with Crippen molar-refractivity contribution in [2.24, 2.45) is 0 Å². The van der Waals surface area contributed by atoms with Crippen molar-refractivity contribution in [2.75, 3.05) is 13.7 Å². The minimum atomic E-state index is -4.46. The van der Waals surface area contributed by atoms with Crippen LogP contribution in [-0.2, 0) is 4.74 Å². The Morgan fingerprint density at radius 3 is 2.47 bits per heavy atom. The predicted molar refractivity (Wildman–Crippen MR) is 125 cm³/mol. The van der Waals surface area contributed by atoms with E-state index in [1.54, 1.807) is 13.0 Å². The summed E-state index contributed by atoms with van der Waals surface area (Å²) in [6.07, 6.45) is 0.512. The largest absolute Gasteiger partial charge is 0.507 e. The molecule has 36 heavy (non-hydrogen) atoms. The fourth-order valence-electron chi connectivity index (χ4n) is 3.05. The Hall–Kier alpha value is -4.02. The molecule has 1 amide bonds. The Kier molecular flexibility index (Phi) is 9.89. The van der Waals surface area contributed by atoms with Crippen LogP contribution < -0.4 is 15.7 Å². The van der Waals surface area contributed by atoms with Gasteiger partial charge in [-0.3, -0.25) is 10.1 Å². The molecule has 0 saturated carbocycles. The van der Waals surface area contributed by atoms with E-state index in [4.69, 9.17) is 4.42 Å². The smallest absolute Gasteiger partial charge is 0.422 e. The van der Waals surface area contributed by atoms with Gasteiger partial charge in [-0.05, 0) is 49.1 Å². The van der Waals surface area contributed by atoms with Crippen molar-refractivity contribution in [2.45, 2.75) is 38.8 Å². The fourth-order valence-corrected chi connectivity index (χ4v) is 3.05. The number of alkyl carbamates (subject to hydrolysis) is 1. The minimum Gasteiger partial charge on any atom is -0.507 e. The summed E-state index contributed by atoms with van der Waals surface area (Å²) < 4.78 is 51.1. The molecule has 1 atom stereocenters. The van der Waals surface area contributed by atoms with Gasteiger partial charge in [0, 0.05) is 18.2 Å². The highest BCUT2D eigenvalue weighted by Crippen LogP contribution is 2.26. The summed E-state index contributed by atoms with van der Waals surface area (Å²) in [7, 11) is 1.24. The van der Waals surface area contributed by atoms with E-state index in [0.717, 1.165) is 0 Å². The number of nitrogens with one attached hydrogen (secondary N) is 1. The Morgan fingerprint density at radius 1 is 1.22 bits per heavy atom. The number of amides is 1. The Morgan fingerprint density at radius 2 is 1.89 bits per heavy atom. The van der Waals surface area contributed by atoms with Gasteiger partial charge in [-0.1, -0.05) is 25.1 Å². The van der Waals surface area contributed by atoms with Crippen LogP contribution in [0.4, 0.5) is 18.0 Å². The minimum absolute atomic E-state index is 0.00618. The van der Waals surface area contributed by atoms with Gasteiger partial charge >= 0.3 is 17.9 Å². The Labute approximate surface area is 205 Å². The number of carbonyl (C=O) groups excluding carboxylic acids is 2. The molecule has 8 nitrogen and oxygen atoms in total. The summed E-state index contributed by atoms with van der Waals surface area (Å²) in [5, 5.41) is 12.8. The predicted octanol–water partition coefficient (Wildman–Crippen LogP) is 5.33. The van der Waals surface area contributed by atoms with E-state index in [9.17, 15) is 32.7 Å². The average Bonchev–Trinajstić information content (AvgIpc) is 2.81. The van der Waals surface area contributed by atoms with Crippen LogP contribution in [0.2, 0.25) is 0 Å². The monoisotopic (exact) mass is 509 g/mol. The molecule has 0 bridgehead atoms. The summed E-state index contributed by atoms with van der Waals surface area (Å²) in [4.78, 5) is 36.2. The van der Waals surface area contributed by atoms with Gasteiger partial charge in [0.25, 0.3) is 0 Å². The summed E-state index contributed by atoms with van der Waals surface area (Å²) in [6.45, 7) is 1.78. The van der Waals surface area contributed by atoms with E-state index >= 15 is 0 Å². The second-order valence-electron chi connectivity index (χ2n) is 7.84. The highest BCUT2D eigenvalue weighted by atomic mass is 19.4. The standard InChI is InChI=1S/C25H26F3NO7/c1-15(6-4-5-11-29-24(33)34-3)20-13-19(30)21(23(32)36-20)22(31)16(2)12-17-7-9-18(10-8-17)35-14-25(26,27)28/h5,7-13,15,30H,4,6,14H2,1-3H3,(H,29,33)/b11-5+,16-12+. The molecule has 2 N–H and O–H groups in total. The van der Waals surface area contributed by atoms with E-state index in [-0.39, 0.29) is 23.0 Å². The van der Waals surface area contributed by atoms with Gasteiger partial charge in [-0.15, -0.1) is 0 Å². The SMILES string of the molecule is COC(=O)N/C=C/CCC(C)c1cc(O)c(C(=O)/C(C)=C/c2ccc(OCC(F)(F)F)cc2)c(=O)o1. The maximum Gasteiger partial charge on any atom is 0.422 e. The van der Waals surface area contributed by atoms with Gasteiger partial charge in [0.2, 0.25) is 0 Å². The molecule has 1 aromatic carbocycles. The van der Waals surface area contributed by atoms with Crippen LogP contribution in [0.3, 0.4) is 0 Å².